The number of rotatable bonds is 4. The van der Waals surface area contributed by atoms with Crippen molar-refractivity contribution >= 4 is 0 Å². The van der Waals surface area contributed by atoms with E-state index in [4.69, 9.17) is 10.6 Å². The van der Waals surface area contributed by atoms with E-state index in [0.29, 0.717) is 5.92 Å². The largest absolute Gasteiger partial charge is 0.493 e. The molecule has 21 heavy (non-hydrogen) atoms. The molecule has 5 heteroatoms. The van der Waals surface area contributed by atoms with Gasteiger partial charge in [0.05, 0.1) is 30.2 Å². The van der Waals surface area contributed by atoms with Crippen LogP contribution in [0.2, 0.25) is 0 Å². The van der Waals surface area contributed by atoms with Gasteiger partial charge in [-0.1, -0.05) is 18.2 Å². The molecular formula is C16H20N4O. The van der Waals surface area contributed by atoms with Crippen LogP contribution < -0.4 is 16.0 Å². The van der Waals surface area contributed by atoms with Gasteiger partial charge in [-0.3, -0.25) is 21.2 Å². The zero-order chi connectivity index (χ0) is 14.7. The van der Waals surface area contributed by atoms with E-state index in [-0.39, 0.29) is 6.04 Å². The molecule has 1 aliphatic rings. The van der Waals surface area contributed by atoms with Gasteiger partial charge in [-0.15, -0.1) is 0 Å². The van der Waals surface area contributed by atoms with Gasteiger partial charge in [0.15, 0.2) is 0 Å². The highest BCUT2D eigenvalue weighted by atomic mass is 16.5. The number of hydrogen-bond donors (Lipinski definition) is 2. The Hall–Kier alpha value is -1.98. The maximum absolute atomic E-state index is 5.73. The summed E-state index contributed by atoms with van der Waals surface area (Å²) in [6, 6.07) is 8.21. The van der Waals surface area contributed by atoms with Crippen molar-refractivity contribution in [3.05, 3.63) is 53.6 Å². The Morgan fingerprint density at radius 1 is 1.33 bits per heavy atom. The molecule has 0 aliphatic carbocycles. The van der Waals surface area contributed by atoms with Crippen LogP contribution in [-0.4, -0.2) is 16.6 Å². The van der Waals surface area contributed by atoms with Gasteiger partial charge in [0.1, 0.15) is 5.75 Å². The number of hydrogen-bond acceptors (Lipinski definition) is 5. The Morgan fingerprint density at radius 2 is 2.19 bits per heavy atom. The summed E-state index contributed by atoms with van der Waals surface area (Å²) in [5.74, 6) is 7.13. The Labute approximate surface area is 124 Å². The van der Waals surface area contributed by atoms with E-state index in [1.807, 2.05) is 19.1 Å². The van der Waals surface area contributed by atoms with Crippen molar-refractivity contribution in [3.8, 4) is 5.75 Å². The monoisotopic (exact) mass is 284 g/mol. The lowest BCUT2D eigenvalue weighted by Gasteiger charge is -2.28. The summed E-state index contributed by atoms with van der Waals surface area (Å²) in [6.45, 7) is 2.68. The summed E-state index contributed by atoms with van der Waals surface area (Å²) in [4.78, 5) is 8.74. The van der Waals surface area contributed by atoms with Crippen LogP contribution in [0.3, 0.4) is 0 Å². The van der Waals surface area contributed by atoms with Crippen LogP contribution in [0.25, 0.3) is 0 Å². The van der Waals surface area contributed by atoms with E-state index < -0.39 is 0 Å². The molecule has 0 spiro atoms. The molecule has 0 radical (unpaired) electrons. The van der Waals surface area contributed by atoms with Crippen LogP contribution in [0.5, 0.6) is 5.75 Å². The maximum atomic E-state index is 5.73. The minimum absolute atomic E-state index is 0.00532. The first-order chi connectivity index (χ1) is 10.3. The van der Waals surface area contributed by atoms with Gasteiger partial charge in [0.25, 0.3) is 0 Å². The van der Waals surface area contributed by atoms with Gasteiger partial charge >= 0.3 is 0 Å². The van der Waals surface area contributed by atoms with Crippen LogP contribution in [-0.2, 0) is 0 Å². The third-order valence-corrected chi connectivity index (χ3v) is 3.96. The van der Waals surface area contributed by atoms with Crippen LogP contribution in [0.1, 0.15) is 41.8 Å². The molecule has 2 aromatic rings. The van der Waals surface area contributed by atoms with E-state index >= 15 is 0 Å². The molecule has 2 heterocycles. The number of benzene rings is 1. The van der Waals surface area contributed by atoms with Crippen LogP contribution >= 0.6 is 0 Å². The molecular weight excluding hydrogens is 264 g/mol. The Bertz CT molecular complexity index is 599. The summed E-state index contributed by atoms with van der Waals surface area (Å²) in [5, 5.41) is 0. The molecule has 2 atom stereocenters. The second-order valence-corrected chi connectivity index (χ2v) is 5.41. The van der Waals surface area contributed by atoms with Crippen molar-refractivity contribution < 1.29 is 4.74 Å². The van der Waals surface area contributed by atoms with E-state index in [1.54, 1.807) is 12.4 Å². The van der Waals surface area contributed by atoms with Crippen molar-refractivity contribution in [1.82, 2.24) is 15.4 Å². The van der Waals surface area contributed by atoms with Crippen molar-refractivity contribution in [2.75, 3.05) is 6.61 Å². The minimum atomic E-state index is -0.00532. The number of fused-ring (bicyclic) bond motifs is 1. The fourth-order valence-electron chi connectivity index (χ4n) is 2.80. The van der Waals surface area contributed by atoms with Crippen LogP contribution in [0, 0.1) is 6.92 Å². The van der Waals surface area contributed by atoms with Gasteiger partial charge in [0.2, 0.25) is 0 Å². The van der Waals surface area contributed by atoms with E-state index in [9.17, 15) is 0 Å². The maximum Gasteiger partial charge on any atom is 0.122 e. The molecule has 1 aromatic carbocycles. The van der Waals surface area contributed by atoms with Gasteiger partial charge in [0, 0.05) is 6.20 Å². The van der Waals surface area contributed by atoms with Crippen molar-refractivity contribution in [1.29, 1.82) is 0 Å². The number of aryl methyl sites for hydroxylation is 1. The standard InChI is InChI=1S/C16H20N4O/c1-11-9-19-15(10-18-11)14(20-17)8-12-6-7-21-16-5-3-2-4-13(12)16/h2-5,9-10,12,14,20H,6-8,17H2,1H3. The Morgan fingerprint density at radius 3 is 2.95 bits per heavy atom. The summed E-state index contributed by atoms with van der Waals surface area (Å²) in [6.07, 6.45) is 5.45. The Balaban J connectivity index is 1.80. The van der Waals surface area contributed by atoms with Gasteiger partial charge in [-0.05, 0) is 37.3 Å². The molecule has 2 unspecified atom stereocenters. The number of para-hydroxylation sites is 1. The molecule has 110 valence electrons. The van der Waals surface area contributed by atoms with E-state index in [0.717, 1.165) is 36.6 Å². The molecule has 3 rings (SSSR count). The predicted octanol–water partition coefficient (Wildman–Crippen LogP) is 2.25. The number of nitrogens with one attached hydrogen (secondary N) is 1. The molecule has 5 nitrogen and oxygen atoms in total. The molecule has 0 fully saturated rings. The molecule has 3 N–H and O–H groups in total. The second-order valence-electron chi connectivity index (χ2n) is 5.41. The summed E-state index contributed by atoms with van der Waals surface area (Å²) in [5.41, 5.74) is 5.92. The average molecular weight is 284 g/mol. The SMILES string of the molecule is Cc1cnc(C(CC2CCOc3ccccc32)NN)cn1. The zero-order valence-corrected chi connectivity index (χ0v) is 12.1. The molecule has 0 saturated heterocycles. The summed E-state index contributed by atoms with van der Waals surface area (Å²) < 4.78 is 5.71. The first-order valence-corrected chi connectivity index (χ1v) is 7.24. The molecule has 0 saturated carbocycles. The number of nitrogens with zero attached hydrogens (tertiary/aromatic N) is 2. The number of aromatic nitrogens is 2. The van der Waals surface area contributed by atoms with Crippen molar-refractivity contribution in [2.45, 2.75) is 31.7 Å². The average Bonchev–Trinajstić information content (AvgIpc) is 2.54. The molecule has 1 aromatic heterocycles. The van der Waals surface area contributed by atoms with Gasteiger partial charge < -0.3 is 4.74 Å². The van der Waals surface area contributed by atoms with Crippen LogP contribution in [0.4, 0.5) is 0 Å². The fourth-order valence-corrected chi connectivity index (χ4v) is 2.80. The van der Waals surface area contributed by atoms with Gasteiger partial charge in [-0.25, -0.2) is 0 Å². The topological polar surface area (TPSA) is 73.1 Å². The van der Waals surface area contributed by atoms with E-state index in [1.165, 1.54) is 5.56 Å². The van der Waals surface area contributed by atoms with Crippen molar-refractivity contribution in [2.24, 2.45) is 5.84 Å². The third-order valence-electron chi connectivity index (χ3n) is 3.96. The minimum Gasteiger partial charge on any atom is -0.493 e. The lowest BCUT2D eigenvalue weighted by Crippen LogP contribution is -2.31. The number of nitrogens with two attached hydrogens (primary N) is 1. The smallest absolute Gasteiger partial charge is 0.122 e. The molecule has 0 bridgehead atoms. The lowest BCUT2D eigenvalue weighted by molar-refractivity contribution is 0.254. The first kappa shape index (κ1) is 14.0. The highest BCUT2D eigenvalue weighted by molar-refractivity contribution is 5.38. The second kappa shape index (κ2) is 6.20. The number of ether oxygens (including phenoxy) is 1. The van der Waals surface area contributed by atoms with Gasteiger partial charge in [-0.2, -0.15) is 0 Å². The molecule has 0 amide bonds. The third kappa shape index (κ3) is 3.04. The quantitative estimate of drug-likeness (QED) is 0.665. The highest BCUT2D eigenvalue weighted by Crippen LogP contribution is 2.38. The predicted molar refractivity (Wildman–Crippen MR) is 80.7 cm³/mol. The fraction of sp³-hybridized carbons (Fsp3) is 0.375. The summed E-state index contributed by atoms with van der Waals surface area (Å²) >= 11 is 0. The normalized spacial score (nSPS) is 18.7. The van der Waals surface area contributed by atoms with Crippen LogP contribution in [0.15, 0.2) is 36.7 Å². The lowest BCUT2D eigenvalue weighted by atomic mass is 9.87. The number of hydrazine groups is 1. The molecule has 1 aliphatic heterocycles. The Kier molecular flexibility index (Phi) is 4.13. The summed E-state index contributed by atoms with van der Waals surface area (Å²) in [7, 11) is 0. The first-order valence-electron chi connectivity index (χ1n) is 7.24. The zero-order valence-electron chi connectivity index (χ0n) is 12.1. The highest BCUT2D eigenvalue weighted by Gasteiger charge is 2.25. The van der Waals surface area contributed by atoms with E-state index in [2.05, 4.69) is 27.5 Å². The van der Waals surface area contributed by atoms with Crippen molar-refractivity contribution in [3.63, 3.8) is 0 Å².